The Kier molecular flexibility index (Phi) is 2.60. The molecule has 0 bridgehead atoms. The van der Waals surface area contributed by atoms with E-state index >= 15 is 0 Å². The van der Waals surface area contributed by atoms with Gasteiger partial charge in [0.2, 0.25) is 0 Å². The van der Waals surface area contributed by atoms with Crippen molar-refractivity contribution in [2.45, 2.75) is 12.8 Å². The lowest BCUT2D eigenvalue weighted by molar-refractivity contribution is 0.0206. The predicted molar refractivity (Wildman–Crippen MR) is 69.4 cm³/mol. The number of rotatable bonds is 1. The molecule has 0 atom stereocenters. The zero-order chi connectivity index (χ0) is 13.6. The number of fused-ring (bicyclic) bond motifs is 2. The van der Waals surface area contributed by atoms with Crippen molar-refractivity contribution in [2.75, 3.05) is 0 Å². The van der Waals surface area contributed by atoms with Gasteiger partial charge in [-0.2, -0.15) is 0 Å². The van der Waals surface area contributed by atoms with E-state index in [0.717, 1.165) is 6.92 Å². The summed E-state index contributed by atoms with van der Waals surface area (Å²) in [6.45, 7) is 0.842. The third kappa shape index (κ3) is 2.00. The number of halogens is 3. The van der Waals surface area contributed by atoms with Gasteiger partial charge in [0, 0.05) is 35.7 Å². The monoisotopic (exact) mass is 279 g/mol. The second-order valence-corrected chi connectivity index (χ2v) is 4.71. The Morgan fingerprint density at radius 1 is 1.16 bits per heavy atom. The molecule has 0 aliphatic heterocycles. The molecular formula is C13H8ClF2N3. The molecule has 3 aromatic heterocycles. The summed E-state index contributed by atoms with van der Waals surface area (Å²) >= 11 is 5.84. The molecule has 0 spiro atoms. The Morgan fingerprint density at radius 2 is 1.89 bits per heavy atom. The average Bonchev–Trinajstić information content (AvgIpc) is 2.34. The van der Waals surface area contributed by atoms with E-state index in [-0.39, 0.29) is 22.2 Å². The lowest BCUT2D eigenvalue weighted by Gasteiger charge is -2.15. The molecule has 96 valence electrons. The molecule has 3 rings (SSSR count). The summed E-state index contributed by atoms with van der Waals surface area (Å²) in [5.41, 5.74) is 0.323. The van der Waals surface area contributed by atoms with Crippen molar-refractivity contribution < 1.29 is 8.78 Å². The lowest BCUT2D eigenvalue weighted by Crippen LogP contribution is -2.10. The largest absolute Gasteiger partial charge is 0.271 e. The van der Waals surface area contributed by atoms with Crippen LogP contribution in [0.25, 0.3) is 22.1 Å². The van der Waals surface area contributed by atoms with Crippen molar-refractivity contribution in [3.05, 3.63) is 41.2 Å². The topological polar surface area (TPSA) is 38.7 Å². The van der Waals surface area contributed by atoms with Crippen LogP contribution in [0.2, 0.25) is 5.02 Å². The molecule has 3 nitrogen and oxygen atoms in total. The van der Waals surface area contributed by atoms with Crippen LogP contribution >= 0.6 is 11.6 Å². The number of aromatic nitrogens is 3. The number of hydrogen-bond acceptors (Lipinski definition) is 3. The zero-order valence-corrected chi connectivity index (χ0v) is 10.6. The first kappa shape index (κ1) is 12.2. The van der Waals surface area contributed by atoms with E-state index in [1.54, 1.807) is 12.1 Å². The van der Waals surface area contributed by atoms with Crippen LogP contribution in [0.1, 0.15) is 12.5 Å². The summed E-state index contributed by atoms with van der Waals surface area (Å²) in [4.78, 5) is 12.2. The van der Waals surface area contributed by atoms with E-state index in [4.69, 9.17) is 11.6 Å². The standard InChI is InChI=1S/C13H8ClF2N3/c1-13(15,16)10-8-3-2-4-17-11(8)19-12-9(10)5-7(14)6-18-12/h2-6H,1H3. The summed E-state index contributed by atoms with van der Waals surface area (Å²) in [6, 6.07) is 4.63. The summed E-state index contributed by atoms with van der Waals surface area (Å²) in [5, 5.41) is 0.857. The summed E-state index contributed by atoms with van der Waals surface area (Å²) in [6.07, 6.45) is 2.89. The first-order valence-electron chi connectivity index (χ1n) is 5.55. The fourth-order valence-electron chi connectivity index (χ4n) is 2.10. The van der Waals surface area contributed by atoms with Crippen LogP contribution in [-0.2, 0) is 5.92 Å². The van der Waals surface area contributed by atoms with E-state index in [9.17, 15) is 8.78 Å². The second-order valence-electron chi connectivity index (χ2n) is 4.27. The Labute approximate surface area is 112 Å². The van der Waals surface area contributed by atoms with Crippen LogP contribution in [-0.4, -0.2) is 15.0 Å². The molecule has 0 saturated heterocycles. The van der Waals surface area contributed by atoms with Crippen LogP contribution in [0.15, 0.2) is 30.6 Å². The minimum Gasteiger partial charge on any atom is -0.237 e. The summed E-state index contributed by atoms with van der Waals surface area (Å²) in [5.74, 6) is -3.03. The van der Waals surface area contributed by atoms with Crippen molar-refractivity contribution >= 4 is 33.7 Å². The van der Waals surface area contributed by atoms with Gasteiger partial charge in [-0.3, -0.25) is 0 Å². The molecule has 0 aliphatic carbocycles. The molecule has 0 N–H and O–H groups in total. The molecule has 0 aliphatic rings. The minimum absolute atomic E-state index is 0.143. The smallest absolute Gasteiger partial charge is 0.237 e. The highest BCUT2D eigenvalue weighted by molar-refractivity contribution is 6.31. The van der Waals surface area contributed by atoms with Gasteiger partial charge in [-0.05, 0) is 18.2 Å². The van der Waals surface area contributed by atoms with Crippen molar-refractivity contribution in [3.63, 3.8) is 0 Å². The van der Waals surface area contributed by atoms with Gasteiger partial charge in [0.25, 0.3) is 5.92 Å². The van der Waals surface area contributed by atoms with Gasteiger partial charge in [-0.1, -0.05) is 11.6 Å². The van der Waals surface area contributed by atoms with Gasteiger partial charge in [0.1, 0.15) is 0 Å². The quantitative estimate of drug-likeness (QED) is 0.633. The molecule has 0 unspecified atom stereocenters. The third-order valence-corrected chi connectivity index (χ3v) is 3.02. The van der Waals surface area contributed by atoms with Crippen molar-refractivity contribution in [1.29, 1.82) is 0 Å². The molecular weight excluding hydrogens is 272 g/mol. The van der Waals surface area contributed by atoms with Crippen LogP contribution in [0.4, 0.5) is 8.78 Å². The Bertz CT molecular complexity index is 784. The fraction of sp³-hybridized carbons (Fsp3) is 0.154. The average molecular weight is 280 g/mol. The summed E-state index contributed by atoms with van der Waals surface area (Å²) < 4.78 is 27.8. The van der Waals surface area contributed by atoms with Crippen molar-refractivity contribution in [1.82, 2.24) is 15.0 Å². The molecule has 3 heterocycles. The predicted octanol–water partition coefficient (Wildman–Crippen LogP) is 3.94. The molecule has 0 radical (unpaired) electrons. The van der Waals surface area contributed by atoms with E-state index in [2.05, 4.69) is 15.0 Å². The number of nitrogens with zero attached hydrogens (tertiary/aromatic N) is 3. The fourth-order valence-corrected chi connectivity index (χ4v) is 2.26. The molecule has 0 amide bonds. The zero-order valence-electron chi connectivity index (χ0n) is 9.86. The maximum Gasteiger partial charge on any atom is 0.271 e. The lowest BCUT2D eigenvalue weighted by atomic mass is 10.0. The van der Waals surface area contributed by atoms with Crippen LogP contribution in [0, 0.1) is 0 Å². The maximum atomic E-state index is 13.9. The van der Waals surface area contributed by atoms with Crippen LogP contribution in [0.3, 0.4) is 0 Å². The SMILES string of the molecule is CC(F)(F)c1c2cccnc2nc2ncc(Cl)cc12. The van der Waals surface area contributed by atoms with Crippen molar-refractivity contribution in [3.8, 4) is 0 Å². The van der Waals surface area contributed by atoms with E-state index in [1.165, 1.54) is 18.5 Å². The molecule has 6 heteroatoms. The Morgan fingerprint density at radius 3 is 2.63 bits per heavy atom. The van der Waals surface area contributed by atoms with Gasteiger partial charge in [-0.25, -0.2) is 23.7 Å². The van der Waals surface area contributed by atoms with E-state index in [1.807, 2.05) is 0 Å². The van der Waals surface area contributed by atoms with Crippen LogP contribution in [0.5, 0.6) is 0 Å². The molecule has 0 saturated carbocycles. The Balaban J connectivity index is 2.58. The van der Waals surface area contributed by atoms with Gasteiger partial charge in [-0.15, -0.1) is 0 Å². The third-order valence-electron chi connectivity index (χ3n) is 2.81. The molecule has 3 aromatic rings. The second kappa shape index (κ2) is 4.06. The maximum absolute atomic E-state index is 13.9. The molecule has 0 fully saturated rings. The number of hydrogen-bond donors (Lipinski definition) is 0. The summed E-state index contributed by atoms with van der Waals surface area (Å²) in [7, 11) is 0. The van der Waals surface area contributed by atoms with Crippen LogP contribution < -0.4 is 0 Å². The van der Waals surface area contributed by atoms with Gasteiger partial charge >= 0.3 is 0 Å². The van der Waals surface area contributed by atoms with Gasteiger partial charge < -0.3 is 0 Å². The minimum atomic E-state index is -3.03. The normalized spacial score (nSPS) is 12.2. The van der Waals surface area contributed by atoms with Gasteiger partial charge in [0.05, 0.1) is 5.02 Å². The highest BCUT2D eigenvalue weighted by Crippen LogP contribution is 2.37. The highest BCUT2D eigenvalue weighted by Gasteiger charge is 2.30. The molecule has 19 heavy (non-hydrogen) atoms. The van der Waals surface area contributed by atoms with Gasteiger partial charge in [0.15, 0.2) is 11.3 Å². The molecule has 0 aromatic carbocycles. The van der Waals surface area contributed by atoms with Crippen molar-refractivity contribution in [2.24, 2.45) is 0 Å². The van der Waals surface area contributed by atoms with E-state index in [0.29, 0.717) is 10.4 Å². The Hall–Kier alpha value is -1.88. The number of pyridine rings is 3. The first-order valence-corrected chi connectivity index (χ1v) is 5.93. The first-order chi connectivity index (χ1) is 8.97. The van der Waals surface area contributed by atoms with E-state index < -0.39 is 5.92 Å². The highest BCUT2D eigenvalue weighted by atomic mass is 35.5. The number of alkyl halides is 2.